The summed E-state index contributed by atoms with van der Waals surface area (Å²) in [5, 5.41) is 22.2. The number of hydrogen-bond donors (Lipinski definition) is 1. The van der Waals surface area contributed by atoms with Crippen LogP contribution in [-0.4, -0.2) is 40.7 Å². The zero-order valence-corrected chi connectivity index (χ0v) is 13.0. The van der Waals surface area contributed by atoms with Crippen molar-refractivity contribution in [1.29, 1.82) is 0 Å². The molecule has 2 atom stereocenters. The highest BCUT2D eigenvalue weighted by molar-refractivity contribution is 5.80. The number of hydrogen-bond acceptors (Lipinski definition) is 6. The van der Waals surface area contributed by atoms with E-state index in [1.165, 1.54) is 11.0 Å². The first-order valence-electron chi connectivity index (χ1n) is 7.49. The van der Waals surface area contributed by atoms with Crippen molar-refractivity contribution in [2.24, 2.45) is 5.92 Å². The van der Waals surface area contributed by atoms with Gasteiger partial charge in [-0.05, 0) is 28.5 Å². The molecule has 9 heteroatoms. The van der Waals surface area contributed by atoms with Gasteiger partial charge in [0.25, 0.3) is 0 Å². The van der Waals surface area contributed by atoms with Crippen molar-refractivity contribution in [3.63, 3.8) is 0 Å². The average Bonchev–Trinajstić information content (AvgIpc) is 3.22. The Balaban J connectivity index is 1.74. The Morgan fingerprint density at radius 3 is 2.96 bits per heavy atom. The lowest BCUT2D eigenvalue weighted by Crippen LogP contribution is -2.36. The number of fused-ring (bicyclic) bond motifs is 1. The Morgan fingerprint density at radius 2 is 2.22 bits per heavy atom. The van der Waals surface area contributed by atoms with Gasteiger partial charge in [0.1, 0.15) is 12.4 Å². The van der Waals surface area contributed by atoms with Crippen molar-refractivity contribution in [3.8, 4) is 0 Å². The first-order valence-corrected chi connectivity index (χ1v) is 7.49. The lowest BCUT2D eigenvalue weighted by molar-refractivity contribution is -0.126. The molecule has 120 valence electrons. The number of nitrogens with one attached hydrogen (secondary N) is 1. The highest BCUT2D eigenvalue weighted by Gasteiger charge is 2.27. The summed E-state index contributed by atoms with van der Waals surface area (Å²) < 4.78 is 3.33. The highest BCUT2D eigenvalue weighted by Crippen LogP contribution is 2.19. The third-order valence-electron chi connectivity index (χ3n) is 3.91. The Labute approximate surface area is 132 Å². The van der Waals surface area contributed by atoms with E-state index in [1.807, 2.05) is 42.6 Å². The fourth-order valence-corrected chi connectivity index (χ4v) is 2.44. The first-order chi connectivity index (χ1) is 11.2. The van der Waals surface area contributed by atoms with Crippen LogP contribution < -0.4 is 5.32 Å². The van der Waals surface area contributed by atoms with Gasteiger partial charge in [0.15, 0.2) is 11.5 Å². The van der Waals surface area contributed by atoms with Gasteiger partial charge in [-0.15, -0.1) is 15.3 Å². The van der Waals surface area contributed by atoms with E-state index < -0.39 is 6.04 Å². The molecule has 3 heterocycles. The summed E-state index contributed by atoms with van der Waals surface area (Å²) in [4.78, 5) is 12.6. The van der Waals surface area contributed by atoms with Crippen molar-refractivity contribution in [2.45, 2.75) is 32.9 Å². The summed E-state index contributed by atoms with van der Waals surface area (Å²) in [7, 11) is 0. The lowest BCUT2D eigenvalue weighted by Gasteiger charge is -2.21. The van der Waals surface area contributed by atoms with E-state index in [2.05, 4.69) is 31.0 Å². The van der Waals surface area contributed by atoms with Gasteiger partial charge < -0.3 is 5.32 Å². The van der Waals surface area contributed by atoms with Crippen LogP contribution in [0.5, 0.6) is 0 Å². The maximum atomic E-state index is 12.6. The molecule has 0 saturated carbocycles. The quantitative estimate of drug-likeness (QED) is 0.715. The Morgan fingerprint density at radius 1 is 1.35 bits per heavy atom. The van der Waals surface area contributed by atoms with Gasteiger partial charge in [0.05, 0.1) is 6.54 Å². The molecule has 2 unspecified atom stereocenters. The summed E-state index contributed by atoms with van der Waals surface area (Å²) in [5.74, 6) is 0.640. The fourth-order valence-electron chi connectivity index (χ4n) is 2.44. The van der Waals surface area contributed by atoms with Crippen LogP contribution in [-0.2, 0) is 11.3 Å². The number of pyridine rings is 1. The van der Waals surface area contributed by atoms with Gasteiger partial charge in [0, 0.05) is 6.20 Å². The molecular formula is C14H18N8O. The molecule has 0 aromatic carbocycles. The minimum absolute atomic E-state index is 0.105. The van der Waals surface area contributed by atoms with Crippen LogP contribution in [0.25, 0.3) is 5.65 Å². The van der Waals surface area contributed by atoms with Gasteiger partial charge in [-0.25, -0.2) is 4.68 Å². The van der Waals surface area contributed by atoms with E-state index in [0.29, 0.717) is 12.4 Å². The normalized spacial score (nSPS) is 13.8. The third-order valence-corrected chi connectivity index (χ3v) is 3.91. The van der Waals surface area contributed by atoms with Crippen LogP contribution in [0, 0.1) is 5.92 Å². The number of aromatic nitrogens is 7. The molecule has 9 nitrogen and oxygen atoms in total. The van der Waals surface area contributed by atoms with Gasteiger partial charge in [-0.1, -0.05) is 26.3 Å². The maximum absolute atomic E-state index is 12.6. The molecule has 3 aromatic heterocycles. The highest BCUT2D eigenvalue weighted by atomic mass is 16.2. The monoisotopic (exact) mass is 314 g/mol. The van der Waals surface area contributed by atoms with Crippen LogP contribution in [0.2, 0.25) is 0 Å². The van der Waals surface area contributed by atoms with E-state index in [9.17, 15) is 4.79 Å². The molecular weight excluding hydrogens is 296 g/mol. The van der Waals surface area contributed by atoms with E-state index in [1.54, 1.807) is 0 Å². The molecule has 0 aliphatic heterocycles. The molecule has 23 heavy (non-hydrogen) atoms. The Kier molecular flexibility index (Phi) is 4.26. The second-order valence-electron chi connectivity index (χ2n) is 5.38. The van der Waals surface area contributed by atoms with Crippen LogP contribution in [0.15, 0.2) is 30.7 Å². The number of amides is 1. The molecule has 0 fully saturated rings. The van der Waals surface area contributed by atoms with Crippen LogP contribution in [0.3, 0.4) is 0 Å². The molecule has 0 saturated heterocycles. The Bertz CT molecular complexity index is 781. The molecule has 0 spiro atoms. The fraction of sp³-hybridized carbons (Fsp3) is 0.429. The second-order valence-corrected chi connectivity index (χ2v) is 5.38. The molecule has 1 amide bonds. The van der Waals surface area contributed by atoms with Crippen molar-refractivity contribution in [2.75, 3.05) is 0 Å². The van der Waals surface area contributed by atoms with Gasteiger partial charge >= 0.3 is 0 Å². The van der Waals surface area contributed by atoms with E-state index in [-0.39, 0.29) is 11.8 Å². The van der Waals surface area contributed by atoms with E-state index in [0.717, 1.165) is 12.1 Å². The first kappa shape index (κ1) is 15.1. The Hall–Kier alpha value is -2.84. The zero-order chi connectivity index (χ0) is 16.2. The molecule has 1 N–H and O–H groups in total. The van der Waals surface area contributed by atoms with E-state index in [4.69, 9.17) is 0 Å². The van der Waals surface area contributed by atoms with Crippen molar-refractivity contribution >= 4 is 11.6 Å². The number of nitrogens with zero attached hydrogens (tertiary/aromatic N) is 7. The molecule has 0 bridgehead atoms. The molecule has 0 aliphatic carbocycles. The topological polar surface area (TPSA) is 103 Å². The summed E-state index contributed by atoms with van der Waals surface area (Å²) in [6.45, 7) is 4.32. The number of carbonyl (C=O) groups is 1. The second kappa shape index (κ2) is 6.51. The number of carbonyl (C=O) groups excluding carboxylic acids is 1. The molecule has 0 radical (unpaired) electrons. The van der Waals surface area contributed by atoms with Crippen molar-refractivity contribution < 1.29 is 4.79 Å². The van der Waals surface area contributed by atoms with Crippen molar-refractivity contribution in [3.05, 3.63) is 36.5 Å². The van der Waals surface area contributed by atoms with Crippen molar-refractivity contribution in [1.82, 2.24) is 40.1 Å². The average molecular weight is 314 g/mol. The summed E-state index contributed by atoms with van der Waals surface area (Å²) in [6.07, 6.45) is 4.17. The predicted molar refractivity (Wildman–Crippen MR) is 81.1 cm³/mol. The largest absolute Gasteiger partial charge is 0.347 e. The SMILES string of the molecule is CCC(C)C(C(=O)NCc1nnc2ccccn12)n1cnnn1. The van der Waals surface area contributed by atoms with Gasteiger partial charge in [0.2, 0.25) is 5.91 Å². The zero-order valence-electron chi connectivity index (χ0n) is 13.0. The maximum Gasteiger partial charge on any atom is 0.245 e. The minimum atomic E-state index is -0.450. The molecule has 3 rings (SSSR count). The smallest absolute Gasteiger partial charge is 0.245 e. The van der Waals surface area contributed by atoms with E-state index >= 15 is 0 Å². The summed E-state index contributed by atoms with van der Waals surface area (Å²) >= 11 is 0. The van der Waals surface area contributed by atoms with Gasteiger partial charge in [-0.3, -0.25) is 9.20 Å². The van der Waals surface area contributed by atoms with Crippen LogP contribution in [0.1, 0.15) is 32.1 Å². The van der Waals surface area contributed by atoms with Gasteiger partial charge in [-0.2, -0.15) is 0 Å². The standard InChI is InChI=1S/C14H18N8O/c1-3-10(2)13(22-9-16-19-20-22)14(23)15-8-12-18-17-11-6-4-5-7-21(11)12/h4-7,9-10,13H,3,8H2,1-2H3,(H,15,23). The summed E-state index contributed by atoms with van der Waals surface area (Å²) in [6, 6.07) is 5.20. The molecule has 3 aromatic rings. The number of tetrazole rings is 1. The minimum Gasteiger partial charge on any atom is -0.347 e. The third kappa shape index (κ3) is 3.03. The van der Waals surface area contributed by atoms with Crippen LogP contribution >= 0.6 is 0 Å². The predicted octanol–water partition coefficient (Wildman–Crippen LogP) is 0.619. The van der Waals surface area contributed by atoms with Crippen LogP contribution in [0.4, 0.5) is 0 Å². The lowest BCUT2D eigenvalue weighted by atomic mass is 9.98. The summed E-state index contributed by atoms with van der Waals surface area (Å²) in [5.41, 5.74) is 0.746. The number of rotatable bonds is 6. The molecule has 0 aliphatic rings.